The molecule has 18 heavy (non-hydrogen) atoms. The van der Waals surface area contributed by atoms with Gasteiger partial charge in [0.2, 0.25) is 0 Å². The largest absolute Gasteiger partial charge is 0.353 e. The minimum atomic E-state index is 0.391. The first-order chi connectivity index (χ1) is 8.49. The second kappa shape index (κ2) is 7.17. The van der Waals surface area contributed by atoms with Crippen LogP contribution in [0.4, 0.5) is 5.82 Å². The highest BCUT2D eigenvalue weighted by molar-refractivity contribution is 6.32. The number of nitrogens with zero attached hydrogens (tertiary/aromatic N) is 3. The van der Waals surface area contributed by atoms with Crippen LogP contribution in [0.2, 0.25) is 5.02 Å². The summed E-state index contributed by atoms with van der Waals surface area (Å²) >= 11 is 11.9. The lowest BCUT2D eigenvalue weighted by atomic mass is 10.2. The highest BCUT2D eigenvalue weighted by Crippen LogP contribution is 2.23. The first-order valence-corrected chi connectivity index (χ1v) is 7.02. The molecule has 1 unspecified atom stereocenters. The van der Waals surface area contributed by atoms with Gasteiger partial charge in [0.15, 0.2) is 0 Å². The SMILES string of the molecule is CCN(c1cc(CCl)c(Cl)cn1)C(C)CN(C)C. The maximum Gasteiger partial charge on any atom is 0.129 e. The molecule has 0 spiro atoms. The predicted molar refractivity (Wildman–Crippen MR) is 79.8 cm³/mol. The van der Waals surface area contributed by atoms with Crippen molar-refractivity contribution < 1.29 is 0 Å². The van der Waals surface area contributed by atoms with Crippen molar-refractivity contribution in [3.05, 3.63) is 22.8 Å². The Bertz CT molecular complexity index is 382. The van der Waals surface area contributed by atoms with Gasteiger partial charge in [0.25, 0.3) is 0 Å². The molecule has 0 aliphatic carbocycles. The van der Waals surface area contributed by atoms with Crippen molar-refractivity contribution in [3.63, 3.8) is 0 Å². The summed E-state index contributed by atoms with van der Waals surface area (Å²) in [5, 5.41) is 0.630. The van der Waals surface area contributed by atoms with Crippen molar-refractivity contribution in [1.29, 1.82) is 0 Å². The number of alkyl halides is 1. The van der Waals surface area contributed by atoms with E-state index in [0.29, 0.717) is 16.9 Å². The summed E-state index contributed by atoms with van der Waals surface area (Å²) in [6.45, 7) is 6.21. The molecule has 0 radical (unpaired) electrons. The number of hydrogen-bond donors (Lipinski definition) is 0. The Morgan fingerprint density at radius 1 is 1.39 bits per heavy atom. The van der Waals surface area contributed by atoms with Gasteiger partial charge in [0.1, 0.15) is 5.82 Å². The second-order valence-electron chi connectivity index (χ2n) is 4.66. The first-order valence-electron chi connectivity index (χ1n) is 6.11. The smallest absolute Gasteiger partial charge is 0.129 e. The average Bonchev–Trinajstić information content (AvgIpc) is 2.31. The number of aromatic nitrogens is 1. The molecule has 0 aromatic carbocycles. The fraction of sp³-hybridized carbons (Fsp3) is 0.615. The van der Waals surface area contributed by atoms with Crippen LogP contribution in [0.1, 0.15) is 19.4 Å². The molecule has 1 heterocycles. The van der Waals surface area contributed by atoms with Gasteiger partial charge in [-0.15, -0.1) is 11.6 Å². The van der Waals surface area contributed by atoms with E-state index in [0.717, 1.165) is 24.5 Å². The van der Waals surface area contributed by atoms with Gasteiger partial charge in [0, 0.05) is 31.2 Å². The van der Waals surface area contributed by atoms with E-state index in [1.54, 1.807) is 6.20 Å². The van der Waals surface area contributed by atoms with E-state index in [1.165, 1.54) is 0 Å². The highest BCUT2D eigenvalue weighted by atomic mass is 35.5. The van der Waals surface area contributed by atoms with Crippen LogP contribution in [0.3, 0.4) is 0 Å². The van der Waals surface area contributed by atoms with E-state index in [1.807, 2.05) is 6.07 Å². The Morgan fingerprint density at radius 3 is 2.56 bits per heavy atom. The van der Waals surface area contributed by atoms with Gasteiger partial charge in [-0.2, -0.15) is 0 Å². The summed E-state index contributed by atoms with van der Waals surface area (Å²) in [7, 11) is 4.15. The monoisotopic (exact) mass is 289 g/mol. The number of likely N-dealkylation sites (N-methyl/N-ethyl adjacent to an activating group) is 2. The summed E-state index contributed by atoms with van der Waals surface area (Å²) in [5.41, 5.74) is 0.929. The van der Waals surface area contributed by atoms with Crippen LogP contribution in [0.5, 0.6) is 0 Å². The first kappa shape index (κ1) is 15.5. The minimum Gasteiger partial charge on any atom is -0.353 e. The summed E-state index contributed by atoms with van der Waals surface area (Å²) < 4.78 is 0. The molecule has 0 N–H and O–H groups in total. The Hall–Kier alpha value is -0.510. The van der Waals surface area contributed by atoms with Crippen LogP contribution in [0.15, 0.2) is 12.3 Å². The number of anilines is 1. The summed E-state index contributed by atoms with van der Waals surface area (Å²) in [6, 6.07) is 2.37. The molecule has 1 atom stereocenters. The summed E-state index contributed by atoms with van der Waals surface area (Å²) in [4.78, 5) is 8.83. The summed E-state index contributed by atoms with van der Waals surface area (Å²) in [6.07, 6.45) is 1.68. The zero-order valence-electron chi connectivity index (χ0n) is 11.5. The topological polar surface area (TPSA) is 19.4 Å². The highest BCUT2D eigenvalue weighted by Gasteiger charge is 2.15. The van der Waals surface area contributed by atoms with Gasteiger partial charge in [-0.25, -0.2) is 4.98 Å². The maximum absolute atomic E-state index is 6.03. The molecule has 0 aliphatic rings. The van der Waals surface area contributed by atoms with Crippen molar-refractivity contribution in [2.45, 2.75) is 25.8 Å². The molecular formula is C13H21Cl2N3. The molecule has 0 bridgehead atoms. The van der Waals surface area contributed by atoms with Crippen LogP contribution in [-0.4, -0.2) is 43.1 Å². The van der Waals surface area contributed by atoms with Gasteiger partial charge in [-0.05, 0) is 39.6 Å². The van der Waals surface area contributed by atoms with Gasteiger partial charge in [0.05, 0.1) is 5.02 Å². The van der Waals surface area contributed by atoms with Crippen LogP contribution in [-0.2, 0) is 5.88 Å². The van der Waals surface area contributed by atoms with Gasteiger partial charge >= 0.3 is 0 Å². The van der Waals surface area contributed by atoms with Crippen molar-refractivity contribution in [3.8, 4) is 0 Å². The molecule has 0 aliphatic heterocycles. The Morgan fingerprint density at radius 2 is 2.06 bits per heavy atom. The molecule has 0 saturated carbocycles. The van der Waals surface area contributed by atoms with E-state index in [2.05, 4.69) is 42.7 Å². The van der Waals surface area contributed by atoms with Gasteiger partial charge in [-0.3, -0.25) is 0 Å². The number of hydrogen-bond acceptors (Lipinski definition) is 3. The molecule has 0 saturated heterocycles. The number of rotatable bonds is 6. The van der Waals surface area contributed by atoms with Crippen LogP contribution in [0, 0.1) is 0 Å². The lowest BCUT2D eigenvalue weighted by Crippen LogP contribution is -2.40. The minimum absolute atomic E-state index is 0.391. The molecule has 0 fully saturated rings. The van der Waals surface area contributed by atoms with Crippen molar-refractivity contribution >= 4 is 29.0 Å². The van der Waals surface area contributed by atoms with E-state index in [4.69, 9.17) is 23.2 Å². The fourth-order valence-electron chi connectivity index (χ4n) is 2.05. The molecule has 102 valence electrons. The van der Waals surface area contributed by atoms with E-state index in [9.17, 15) is 0 Å². The fourth-order valence-corrected chi connectivity index (χ4v) is 2.51. The Balaban J connectivity index is 2.94. The zero-order chi connectivity index (χ0) is 13.7. The molecular weight excluding hydrogens is 269 g/mol. The third-order valence-corrected chi connectivity index (χ3v) is 3.49. The quantitative estimate of drug-likeness (QED) is 0.750. The molecule has 3 nitrogen and oxygen atoms in total. The summed E-state index contributed by atoms with van der Waals surface area (Å²) in [5.74, 6) is 1.35. The molecule has 0 amide bonds. The van der Waals surface area contributed by atoms with Crippen molar-refractivity contribution in [1.82, 2.24) is 9.88 Å². The van der Waals surface area contributed by atoms with E-state index < -0.39 is 0 Å². The Kier molecular flexibility index (Phi) is 6.19. The van der Waals surface area contributed by atoms with E-state index in [-0.39, 0.29) is 0 Å². The lowest BCUT2D eigenvalue weighted by Gasteiger charge is -2.31. The number of pyridine rings is 1. The van der Waals surface area contributed by atoms with Crippen LogP contribution < -0.4 is 4.90 Å². The van der Waals surface area contributed by atoms with Gasteiger partial charge in [-0.1, -0.05) is 11.6 Å². The predicted octanol–water partition coefficient (Wildman–Crippen LogP) is 3.25. The van der Waals surface area contributed by atoms with Gasteiger partial charge < -0.3 is 9.80 Å². The zero-order valence-corrected chi connectivity index (χ0v) is 13.0. The second-order valence-corrected chi connectivity index (χ2v) is 5.34. The standard InChI is InChI=1S/C13H21Cl2N3/c1-5-18(10(2)9-17(3)4)13-6-11(7-14)12(15)8-16-13/h6,8,10H,5,7,9H2,1-4H3. The normalized spacial score (nSPS) is 12.8. The van der Waals surface area contributed by atoms with E-state index >= 15 is 0 Å². The molecule has 1 rings (SSSR count). The lowest BCUT2D eigenvalue weighted by molar-refractivity contribution is 0.372. The van der Waals surface area contributed by atoms with Crippen LogP contribution >= 0.6 is 23.2 Å². The maximum atomic E-state index is 6.03. The average molecular weight is 290 g/mol. The third-order valence-electron chi connectivity index (χ3n) is 2.86. The van der Waals surface area contributed by atoms with Crippen molar-refractivity contribution in [2.24, 2.45) is 0 Å². The third kappa shape index (κ3) is 4.01. The van der Waals surface area contributed by atoms with Crippen LogP contribution in [0.25, 0.3) is 0 Å². The molecule has 1 aromatic heterocycles. The van der Waals surface area contributed by atoms with Crippen molar-refractivity contribution in [2.75, 3.05) is 32.1 Å². The molecule has 1 aromatic rings. The molecule has 5 heteroatoms. The number of halogens is 2. The Labute approximate surface area is 120 Å².